The summed E-state index contributed by atoms with van der Waals surface area (Å²) in [5.74, 6) is -0.769. The van der Waals surface area contributed by atoms with Gasteiger partial charge < -0.3 is 5.11 Å². The number of hydrogen-bond acceptors (Lipinski definition) is 2. The van der Waals surface area contributed by atoms with Crippen molar-refractivity contribution in [3.05, 3.63) is 54.6 Å². The molecule has 0 heterocycles. The third-order valence-electron chi connectivity index (χ3n) is 2.73. The van der Waals surface area contributed by atoms with E-state index in [-0.39, 0.29) is 12.2 Å². The fraction of sp³-hybridized carbons (Fsp3) is 0.133. The van der Waals surface area contributed by atoms with Crippen molar-refractivity contribution in [1.29, 1.82) is 0 Å². The molecule has 0 aliphatic heterocycles. The zero-order chi connectivity index (χ0) is 13.7. The maximum atomic E-state index is 11.8. The van der Waals surface area contributed by atoms with Crippen LogP contribution in [0, 0.1) is 0 Å². The van der Waals surface area contributed by atoms with Gasteiger partial charge >= 0.3 is 5.97 Å². The molecule has 0 radical (unpaired) electrons. The lowest BCUT2D eigenvalue weighted by atomic mass is 10.1. The number of rotatable bonds is 5. The summed E-state index contributed by atoms with van der Waals surface area (Å²) in [7, 11) is -1.25. The highest BCUT2D eigenvalue weighted by Crippen LogP contribution is 2.20. The van der Waals surface area contributed by atoms with Crippen LogP contribution in [0.4, 0.5) is 0 Å². The average molecular weight is 274 g/mol. The molecule has 0 fully saturated rings. The molecule has 1 unspecified atom stereocenters. The van der Waals surface area contributed by atoms with Gasteiger partial charge in [0.1, 0.15) is 0 Å². The Morgan fingerprint density at radius 1 is 0.947 bits per heavy atom. The summed E-state index contributed by atoms with van der Waals surface area (Å²) in [6, 6.07) is 17.3. The molecule has 0 spiro atoms. The van der Waals surface area contributed by atoms with Crippen molar-refractivity contribution in [1.82, 2.24) is 0 Å². The van der Waals surface area contributed by atoms with E-state index in [1.165, 1.54) is 0 Å². The van der Waals surface area contributed by atoms with Crippen molar-refractivity contribution in [2.24, 2.45) is 0 Å². The molecule has 0 saturated carbocycles. The average Bonchev–Trinajstić information content (AvgIpc) is 2.46. The van der Waals surface area contributed by atoms with E-state index in [1.807, 2.05) is 42.5 Å². The van der Waals surface area contributed by atoms with Gasteiger partial charge in [0.05, 0.1) is 17.2 Å². The normalized spacial score (nSPS) is 12.0. The van der Waals surface area contributed by atoms with Crippen LogP contribution in [0.15, 0.2) is 59.5 Å². The van der Waals surface area contributed by atoms with Crippen LogP contribution in [-0.4, -0.2) is 21.0 Å². The Bertz CT molecular complexity index is 576. The summed E-state index contributed by atoms with van der Waals surface area (Å²) in [5, 5.41) is 8.57. The number of carbonyl (C=O) groups is 1. The first-order valence-corrected chi connectivity index (χ1v) is 7.24. The molecule has 0 aliphatic rings. The van der Waals surface area contributed by atoms with Crippen molar-refractivity contribution < 1.29 is 14.1 Å². The molecular formula is C15H14O3S. The second-order valence-corrected chi connectivity index (χ2v) is 5.65. The van der Waals surface area contributed by atoms with Crippen LogP contribution < -0.4 is 0 Å². The van der Waals surface area contributed by atoms with Gasteiger partial charge in [-0.1, -0.05) is 42.5 Å². The van der Waals surface area contributed by atoms with E-state index in [0.29, 0.717) is 4.90 Å². The van der Waals surface area contributed by atoms with Crippen molar-refractivity contribution in [3.8, 4) is 11.1 Å². The van der Waals surface area contributed by atoms with E-state index < -0.39 is 16.8 Å². The molecule has 2 aromatic rings. The molecule has 0 aromatic heterocycles. The van der Waals surface area contributed by atoms with Gasteiger partial charge in [-0.2, -0.15) is 0 Å². The highest BCUT2D eigenvalue weighted by atomic mass is 32.2. The van der Waals surface area contributed by atoms with Crippen LogP contribution in [0.5, 0.6) is 0 Å². The fourth-order valence-electron chi connectivity index (χ4n) is 1.73. The molecule has 19 heavy (non-hydrogen) atoms. The number of carboxylic acid groups (broad SMARTS) is 1. The highest BCUT2D eigenvalue weighted by Gasteiger charge is 2.07. The highest BCUT2D eigenvalue weighted by molar-refractivity contribution is 7.85. The Morgan fingerprint density at radius 2 is 1.53 bits per heavy atom. The van der Waals surface area contributed by atoms with Crippen molar-refractivity contribution in [3.63, 3.8) is 0 Å². The Balaban J connectivity index is 2.10. The molecule has 2 aromatic carbocycles. The first kappa shape index (κ1) is 13.5. The number of carboxylic acids is 1. The first-order valence-electron chi connectivity index (χ1n) is 5.92. The maximum Gasteiger partial charge on any atom is 0.304 e. The lowest BCUT2D eigenvalue weighted by molar-refractivity contribution is -0.136. The molecule has 3 nitrogen and oxygen atoms in total. The number of aliphatic carboxylic acids is 1. The quantitative estimate of drug-likeness (QED) is 0.912. The number of hydrogen-bond donors (Lipinski definition) is 1. The zero-order valence-corrected chi connectivity index (χ0v) is 11.1. The summed E-state index contributed by atoms with van der Waals surface area (Å²) < 4.78 is 11.8. The van der Waals surface area contributed by atoms with Gasteiger partial charge in [0.25, 0.3) is 0 Å². The van der Waals surface area contributed by atoms with Crippen LogP contribution in [0.3, 0.4) is 0 Å². The van der Waals surface area contributed by atoms with Gasteiger partial charge in [0.15, 0.2) is 0 Å². The largest absolute Gasteiger partial charge is 0.481 e. The second kappa shape index (κ2) is 6.29. The number of benzene rings is 2. The molecule has 0 amide bonds. The van der Waals surface area contributed by atoms with Crippen molar-refractivity contribution >= 4 is 16.8 Å². The van der Waals surface area contributed by atoms with E-state index in [2.05, 4.69) is 0 Å². The summed E-state index contributed by atoms with van der Waals surface area (Å²) in [5.41, 5.74) is 2.16. The Morgan fingerprint density at radius 3 is 2.11 bits per heavy atom. The molecule has 4 heteroatoms. The Labute approximate surface area is 114 Å². The van der Waals surface area contributed by atoms with Crippen LogP contribution >= 0.6 is 0 Å². The van der Waals surface area contributed by atoms with Gasteiger partial charge in [-0.25, -0.2) is 0 Å². The minimum atomic E-state index is -1.25. The smallest absolute Gasteiger partial charge is 0.304 e. The molecule has 0 saturated heterocycles. The maximum absolute atomic E-state index is 11.8. The Kier molecular flexibility index (Phi) is 4.47. The van der Waals surface area contributed by atoms with Gasteiger partial charge in [0, 0.05) is 10.6 Å². The minimum absolute atomic E-state index is 0.0763. The molecule has 1 atom stereocenters. The molecule has 1 N–H and O–H groups in total. The van der Waals surface area contributed by atoms with Gasteiger partial charge in [-0.05, 0) is 23.3 Å². The van der Waals surface area contributed by atoms with Crippen LogP contribution in [0.1, 0.15) is 6.42 Å². The fourth-order valence-corrected chi connectivity index (χ4v) is 2.76. The van der Waals surface area contributed by atoms with E-state index in [1.54, 1.807) is 12.1 Å². The third-order valence-corrected chi connectivity index (χ3v) is 4.10. The zero-order valence-electron chi connectivity index (χ0n) is 10.3. The molecule has 98 valence electrons. The predicted octanol–water partition coefficient (Wildman–Crippen LogP) is 2.94. The first-order chi connectivity index (χ1) is 9.16. The van der Waals surface area contributed by atoms with Crippen LogP contribution in [0.25, 0.3) is 11.1 Å². The summed E-state index contributed by atoms with van der Waals surface area (Å²) in [6.07, 6.45) is -0.0763. The van der Waals surface area contributed by atoms with Gasteiger partial charge in [-0.3, -0.25) is 9.00 Å². The molecule has 0 bridgehead atoms. The lowest BCUT2D eigenvalue weighted by Gasteiger charge is -2.04. The van der Waals surface area contributed by atoms with Crippen LogP contribution in [0.2, 0.25) is 0 Å². The minimum Gasteiger partial charge on any atom is -0.481 e. The molecule has 0 aliphatic carbocycles. The molecule has 2 rings (SSSR count). The summed E-state index contributed by atoms with van der Waals surface area (Å²) in [6.45, 7) is 0. The van der Waals surface area contributed by atoms with Gasteiger partial charge in [0.2, 0.25) is 0 Å². The van der Waals surface area contributed by atoms with Crippen molar-refractivity contribution in [2.45, 2.75) is 11.3 Å². The standard InChI is InChI=1S/C15H14O3S/c16-15(17)10-11-19(18)14-8-6-13(7-9-14)12-4-2-1-3-5-12/h1-9H,10-11H2,(H,16,17). The summed E-state index contributed by atoms with van der Waals surface area (Å²) >= 11 is 0. The van der Waals surface area contributed by atoms with E-state index >= 15 is 0 Å². The third kappa shape index (κ3) is 3.76. The summed E-state index contributed by atoms with van der Waals surface area (Å²) in [4.78, 5) is 11.1. The monoisotopic (exact) mass is 274 g/mol. The Hall–Kier alpha value is -1.94. The van der Waals surface area contributed by atoms with E-state index in [4.69, 9.17) is 5.11 Å². The topological polar surface area (TPSA) is 54.4 Å². The molecular weight excluding hydrogens is 260 g/mol. The SMILES string of the molecule is O=C(O)CCS(=O)c1ccc(-c2ccccc2)cc1. The van der Waals surface area contributed by atoms with E-state index in [9.17, 15) is 9.00 Å². The second-order valence-electron chi connectivity index (χ2n) is 4.08. The van der Waals surface area contributed by atoms with Crippen LogP contribution in [-0.2, 0) is 15.6 Å². The van der Waals surface area contributed by atoms with E-state index in [0.717, 1.165) is 11.1 Å². The van der Waals surface area contributed by atoms with Crippen molar-refractivity contribution in [2.75, 3.05) is 5.75 Å². The van der Waals surface area contributed by atoms with Gasteiger partial charge in [-0.15, -0.1) is 0 Å². The predicted molar refractivity (Wildman–Crippen MR) is 75.4 cm³/mol. The lowest BCUT2D eigenvalue weighted by Crippen LogP contribution is -2.04.